The summed E-state index contributed by atoms with van der Waals surface area (Å²) in [5.74, 6) is 1.11. The van der Waals surface area contributed by atoms with Gasteiger partial charge in [-0.05, 0) is 93.1 Å². The molecule has 0 radical (unpaired) electrons. The quantitative estimate of drug-likeness (QED) is 0.217. The SMILES string of the molecule is CC(C)Cc1cc2c3ccnc(-c4cc(CC(C)C)c5oc6ccccc6c5c4)c3ccc2c2ccccc12. The van der Waals surface area contributed by atoms with Crippen molar-refractivity contribution in [1.82, 2.24) is 4.98 Å². The van der Waals surface area contributed by atoms with Crippen LogP contribution in [-0.2, 0) is 12.8 Å². The van der Waals surface area contributed by atoms with Crippen LogP contribution in [0.5, 0.6) is 0 Å². The van der Waals surface area contributed by atoms with Gasteiger partial charge in [0.05, 0.1) is 5.69 Å². The molecular weight excluding hydrogens is 474 g/mol. The molecule has 0 atom stereocenters. The lowest BCUT2D eigenvalue weighted by Crippen LogP contribution is -1.97. The molecule has 0 bridgehead atoms. The Balaban J connectivity index is 1.52. The van der Waals surface area contributed by atoms with Crippen molar-refractivity contribution >= 4 is 54.3 Å². The lowest BCUT2D eigenvalue weighted by atomic mass is 9.89. The molecule has 2 heteroatoms. The molecule has 0 aliphatic rings. The zero-order valence-electron chi connectivity index (χ0n) is 23.1. The molecule has 0 spiro atoms. The van der Waals surface area contributed by atoms with Gasteiger partial charge in [-0.3, -0.25) is 4.98 Å². The summed E-state index contributed by atoms with van der Waals surface area (Å²) in [5, 5.41) is 10.1. The molecule has 2 heterocycles. The summed E-state index contributed by atoms with van der Waals surface area (Å²) in [6.07, 6.45) is 4.00. The summed E-state index contributed by atoms with van der Waals surface area (Å²) in [6, 6.07) is 31.0. The van der Waals surface area contributed by atoms with Crippen molar-refractivity contribution in [2.45, 2.75) is 40.5 Å². The highest BCUT2D eigenvalue weighted by atomic mass is 16.3. The first-order valence-corrected chi connectivity index (χ1v) is 14.1. The van der Waals surface area contributed by atoms with E-state index in [1.54, 1.807) is 0 Å². The number of fused-ring (bicyclic) bond motifs is 8. The molecule has 192 valence electrons. The molecule has 7 aromatic rings. The third-order valence-electron chi connectivity index (χ3n) is 7.95. The maximum absolute atomic E-state index is 6.39. The normalized spacial score (nSPS) is 12.3. The standard InChI is InChI=1S/C37H33NO/c1-22(2)17-24-20-33-29(28-10-6-5-9-27(24)28)13-14-32-30(33)15-16-38-36(32)25-19-26(18-23(3)4)37-34(21-25)31-11-7-8-12-35(31)39-37/h5-16,19-23H,17-18H2,1-4H3. The van der Waals surface area contributed by atoms with E-state index in [9.17, 15) is 0 Å². The molecule has 0 aliphatic carbocycles. The van der Waals surface area contributed by atoms with Crippen molar-refractivity contribution in [3.05, 3.63) is 102 Å². The van der Waals surface area contributed by atoms with Crippen molar-refractivity contribution < 1.29 is 4.42 Å². The maximum Gasteiger partial charge on any atom is 0.138 e. The predicted octanol–water partition coefficient (Wildman–Crippen LogP) is 10.5. The topological polar surface area (TPSA) is 26.0 Å². The van der Waals surface area contributed by atoms with Gasteiger partial charge >= 0.3 is 0 Å². The van der Waals surface area contributed by atoms with E-state index in [2.05, 4.69) is 107 Å². The summed E-state index contributed by atoms with van der Waals surface area (Å²) >= 11 is 0. The molecule has 5 aromatic carbocycles. The number of para-hydroxylation sites is 1. The second-order valence-electron chi connectivity index (χ2n) is 11.8. The third-order valence-corrected chi connectivity index (χ3v) is 7.95. The second kappa shape index (κ2) is 9.24. The van der Waals surface area contributed by atoms with Crippen LogP contribution < -0.4 is 0 Å². The average Bonchev–Trinajstić information content (AvgIpc) is 3.31. The molecule has 2 aromatic heterocycles. The number of hydrogen-bond acceptors (Lipinski definition) is 2. The van der Waals surface area contributed by atoms with Gasteiger partial charge in [0.25, 0.3) is 0 Å². The third kappa shape index (κ3) is 3.98. The van der Waals surface area contributed by atoms with Gasteiger partial charge in [-0.25, -0.2) is 0 Å². The fourth-order valence-electron chi connectivity index (χ4n) is 6.38. The van der Waals surface area contributed by atoms with Crippen LogP contribution >= 0.6 is 0 Å². The van der Waals surface area contributed by atoms with Crippen molar-refractivity contribution in [3.63, 3.8) is 0 Å². The Morgan fingerprint density at radius 2 is 1.21 bits per heavy atom. The van der Waals surface area contributed by atoms with Gasteiger partial charge in [-0.15, -0.1) is 0 Å². The minimum Gasteiger partial charge on any atom is -0.456 e. The number of pyridine rings is 1. The van der Waals surface area contributed by atoms with Crippen LogP contribution in [0.2, 0.25) is 0 Å². The van der Waals surface area contributed by atoms with Gasteiger partial charge in [0.2, 0.25) is 0 Å². The van der Waals surface area contributed by atoms with E-state index in [0.717, 1.165) is 40.7 Å². The van der Waals surface area contributed by atoms with Crippen LogP contribution in [0.3, 0.4) is 0 Å². The van der Waals surface area contributed by atoms with Crippen molar-refractivity contribution in [2.24, 2.45) is 11.8 Å². The van der Waals surface area contributed by atoms with E-state index < -0.39 is 0 Å². The molecule has 0 aliphatic heterocycles. The van der Waals surface area contributed by atoms with Crippen LogP contribution in [0.15, 0.2) is 95.5 Å². The molecular formula is C37H33NO. The van der Waals surface area contributed by atoms with Crippen molar-refractivity contribution in [1.29, 1.82) is 0 Å². The van der Waals surface area contributed by atoms with Crippen LogP contribution in [-0.4, -0.2) is 4.98 Å². The van der Waals surface area contributed by atoms with E-state index in [0.29, 0.717) is 11.8 Å². The van der Waals surface area contributed by atoms with Crippen molar-refractivity contribution in [2.75, 3.05) is 0 Å². The Morgan fingerprint density at radius 3 is 2.00 bits per heavy atom. The molecule has 0 amide bonds. The lowest BCUT2D eigenvalue weighted by Gasteiger charge is -2.15. The van der Waals surface area contributed by atoms with Crippen LogP contribution in [0, 0.1) is 11.8 Å². The lowest BCUT2D eigenvalue weighted by molar-refractivity contribution is 0.624. The number of furan rings is 1. The Morgan fingerprint density at radius 1 is 0.564 bits per heavy atom. The summed E-state index contributed by atoms with van der Waals surface area (Å²) in [5.41, 5.74) is 6.80. The zero-order chi connectivity index (χ0) is 26.7. The Labute approximate surface area is 229 Å². The van der Waals surface area contributed by atoms with Gasteiger partial charge in [-0.2, -0.15) is 0 Å². The Bertz CT molecular complexity index is 2030. The van der Waals surface area contributed by atoms with E-state index in [-0.39, 0.29) is 0 Å². The molecule has 0 N–H and O–H groups in total. The average molecular weight is 508 g/mol. The van der Waals surface area contributed by atoms with Crippen LogP contribution in [0.25, 0.3) is 65.5 Å². The number of aromatic nitrogens is 1. The predicted molar refractivity (Wildman–Crippen MR) is 167 cm³/mol. The number of hydrogen-bond donors (Lipinski definition) is 0. The van der Waals surface area contributed by atoms with Gasteiger partial charge in [0.1, 0.15) is 11.2 Å². The number of nitrogens with zero attached hydrogens (tertiary/aromatic N) is 1. The van der Waals surface area contributed by atoms with Crippen LogP contribution in [0.4, 0.5) is 0 Å². The molecule has 0 unspecified atom stereocenters. The molecule has 39 heavy (non-hydrogen) atoms. The minimum atomic E-state index is 0.522. The van der Waals surface area contributed by atoms with Gasteiger partial charge in [0.15, 0.2) is 0 Å². The first-order chi connectivity index (χ1) is 19.0. The molecule has 0 saturated heterocycles. The first kappa shape index (κ1) is 23.9. The minimum absolute atomic E-state index is 0.522. The number of rotatable bonds is 5. The van der Waals surface area contributed by atoms with Crippen LogP contribution in [0.1, 0.15) is 38.8 Å². The zero-order valence-corrected chi connectivity index (χ0v) is 23.1. The highest BCUT2D eigenvalue weighted by molar-refractivity contribution is 6.20. The summed E-state index contributed by atoms with van der Waals surface area (Å²) in [6.45, 7) is 9.13. The molecule has 2 nitrogen and oxygen atoms in total. The van der Waals surface area contributed by atoms with Gasteiger partial charge < -0.3 is 4.42 Å². The van der Waals surface area contributed by atoms with E-state index in [1.165, 1.54) is 48.8 Å². The Kier molecular flexibility index (Phi) is 5.66. The van der Waals surface area contributed by atoms with Gasteiger partial charge in [-0.1, -0.05) is 82.3 Å². The van der Waals surface area contributed by atoms with E-state index in [4.69, 9.17) is 9.40 Å². The fourth-order valence-corrected chi connectivity index (χ4v) is 6.38. The Hall–Kier alpha value is -4.17. The highest BCUT2D eigenvalue weighted by Gasteiger charge is 2.17. The monoisotopic (exact) mass is 507 g/mol. The van der Waals surface area contributed by atoms with Gasteiger partial charge in [0, 0.05) is 27.9 Å². The molecule has 0 saturated carbocycles. The summed E-state index contributed by atoms with van der Waals surface area (Å²) in [4.78, 5) is 4.98. The first-order valence-electron chi connectivity index (χ1n) is 14.1. The van der Waals surface area contributed by atoms with E-state index >= 15 is 0 Å². The summed E-state index contributed by atoms with van der Waals surface area (Å²) in [7, 11) is 0. The second-order valence-corrected chi connectivity index (χ2v) is 11.8. The summed E-state index contributed by atoms with van der Waals surface area (Å²) < 4.78 is 6.39. The maximum atomic E-state index is 6.39. The smallest absolute Gasteiger partial charge is 0.138 e. The highest BCUT2D eigenvalue weighted by Crippen LogP contribution is 2.40. The molecule has 7 rings (SSSR count). The fraction of sp³-hybridized carbons (Fsp3) is 0.216. The van der Waals surface area contributed by atoms with E-state index in [1.807, 2.05) is 12.3 Å². The van der Waals surface area contributed by atoms with Crippen molar-refractivity contribution in [3.8, 4) is 11.3 Å². The number of benzene rings is 5. The molecule has 0 fully saturated rings. The largest absolute Gasteiger partial charge is 0.456 e.